The third-order valence-corrected chi connectivity index (χ3v) is 2.88. The lowest BCUT2D eigenvalue weighted by atomic mass is 9.88. The van der Waals surface area contributed by atoms with E-state index in [4.69, 9.17) is 0 Å². The van der Waals surface area contributed by atoms with Crippen LogP contribution in [0.2, 0.25) is 0 Å². The summed E-state index contributed by atoms with van der Waals surface area (Å²) in [7, 11) is 0. The Hall–Kier alpha value is -0.860. The summed E-state index contributed by atoms with van der Waals surface area (Å²) in [5.41, 5.74) is -0.000445. The van der Waals surface area contributed by atoms with Gasteiger partial charge in [-0.1, -0.05) is 31.2 Å². The van der Waals surface area contributed by atoms with Crippen LogP contribution in [0.15, 0.2) is 24.3 Å². The molecule has 0 heterocycles. The van der Waals surface area contributed by atoms with Crippen molar-refractivity contribution in [1.29, 1.82) is 0 Å². The highest BCUT2D eigenvalue weighted by atomic mass is 16.3. The van der Waals surface area contributed by atoms with Crippen LogP contribution in [-0.4, -0.2) is 10.2 Å². The lowest BCUT2D eigenvalue weighted by Gasteiger charge is -2.25. The standard InChI is InChI=1S/C13H20O2/c1-5-13(4,15)11-8-6-7-10(9-11)12(2,3)14/h6-9,14-15H,5H2,1-4H3. The van der Waals surface area contributed by atoms with Crippen LogP contribution < -0.4 is 0 Å². The molecular formula is C13H20O2. The predicted molar refractivity (Wildman–Crippen MR) is 61.5 cm³/mol. The molecule has 1 unspecified atom stereocenters. The number of rotatable bonds is 3. The average molecular weight is 208 g/mol. The first kappa shape index (κ1) is 12.2. The molecule has 2 heteroatoms. The van der Waals surface area contributed by atoms with Crippen molar-refractivity contribution in [2.24, 2.45) is 0 Å². The SMILES string of the molecule is CCC(C)(O)c1cccc(C(C)(C)O)c1. The summed E-state index contributed by atoms with van der Waals surface area (Å²) in [5, 5.41) is 20.0. The Bertz CT molecular complexity index is 335. The van der Waals surface area contributed by atoms with Crippen molar-refractivity contribution in [3.8, 4) is 0 Å². The van der Waals surface area contributed by atoms with E-state index >= 15 is 0 Å². The van der Waals surface area contributed by atoms with Crippen molar-refractivity contribution in [3.05, 3.63) is 35.4 Å². The van der Waals surface area contributed by atoms with Crippen molar-refractivity contribution in [3.63, 3.8) is 0 Å². The number of hydrogen-bond donors (Lipinski definition) is 2. The zero-order valence-corrected chi connectivity index (χ0v) is 9.91. The minimum absolute atomic E-state index is 0.655. The Balaban J connectivity index is 3.14. The number of aliphatic hydroxyl groups is 2. The van der Waals surface area contributed by atoms with Crippen molar-refractivity contribution in [1.82, 2.24) is 0 Å². The van der Waals surface area contributed by atoms with Crippen LogP contribution >= 0.6 is 0 Å². The van der Waals surface area contributed by atoms with Gasteiger partial charge in [-0.3, -0.25) is 0 Å². The highest BCUT2D eigenvalue weighted by molar-refractivity contribution is 5.30. The van der Waals surface area contributed by atoms with Gasteiger partial charge in [-0.2, -0.15) is 0 Å². The monoisotopic (exact) mass is 208 g/mol. The third kappa shape index (κ3) is 2.80. The van der Waals surface area contributed by atoms with Gasteiger partial charge in [0, 0.05) is 0 Å². The van der Waals surface area contributed by atoms with Gasteiger partial charge in [-0.05, 0) is 38.3 Å². The van der Waals surface area contributed by atoms with E-state index in [1.807, 2.05) is 31.2 Å². The lowest BCUT2D eigenvalue weighted by Crippen LogP contribution is -2.22. The fraction of sp³-hybridized carbons (Fsp3) is 0.538. The van der Waals surface area contributed by atoms with E-state index in [0.29, 0.717) is 6.42 Å². The summed E-state index contributed by atoms with van der Waals surface area (Å²) in [6.45, 7) is 7.22. The fourth-order valence-electron chi connectivity index (χ4n) is 1.44. The molecule has 15 heavy (non-hydrogen) atoms. The summed E-state index contributed by atoms with van der Waals surface area (Å²) < 4.78 is 0. The summed E-state index contributed by atoms with van der Waals surface area (Å²) in [6, 6.07) is 7.49. The molecule has 0 radical (unpaired) electrons. The van der Waals surface area contributed by atoms with Crippen LogP contribution in [0.4, 0.5) is 0 Å². The van der Waals surface area contributed by atoms with E-state index in [2.05, 4.69) is 0 Å². The molecule has 0 amide bonds. The zero-order valence-electron chi connectivity index (χ0n) is 9.91. The Labute approximate surface area is 91.6 Å². The summed E-state index contributed by atoms with van der Waals surface area (Å²) >= 11 is 0. The molecule has 0 saturated heterocycles. The van der Waals surface area contributed by atoms with Crippen molar-refractivity contribution >= 4 is 0 Å². The molecule has 0 aromatic heterocycles. The van der Waals surface area contributed by atoms with E-state index in [1.54, 1.807) is 20.8 Å². The van der Waals surface area contributed by atoms with Gasteiger partial charge in [0.2, 0.25) is 0 Å². The molecule has 0 aliphatic rings. The van der Waals surface area contributed by atoms with Gasteiger partial charge in [0.15, 0.2) is 0 Å². The maximum atomic E-state index is 10.1. The van der Waals surface area contributed by atoms with Gasteiger partial charge >= 0.3 is 0 Å². The van der Waals surface area contributed by atoms with E-state index in [9.17, 15) is 10.2 Å². The van der Waals surface area contributed by atoms with Crippen LogP contribution in [0.3, 0.4) is 0 Å². The normalized spacial score (nSPS) is 16.1. The summed E-state index contributed by atoms with van der Waals surface area (Å²) in [5.74, 6) is 0. The van der Waals surface area contributed by atoms with E-state index < -0.39 is 11.2 Å². The minimum atomic E-state index is -0.861. The molecule has 2 nitrogen and oxygen atoms in total. The molecule has 0 aliphatic carbocycles. The average Bonchev–Trinajstić information content (AvgIpc) is 2.17. The molecule has 0 saturated carbocycles. The first-order valence-corrected chi connectivity index (χ1v) is 5.33. The number of hydrogen-bond acceptors (Lipinski definition) is 2. The molecule has 0 aliphatic heterocycles. The minimum Gasteiger partial charge on any atom is -0.386 e. The Morgan fingerprint density at radius 2 is 1.60 bits per heavy atom. The van der Waals surface area contributed by atoms with Crippen molar-refractivity contribution in [2.75, 3.05) is 0 Å². The lowest BCUT2D eigenvalue weighted by molar-refractivity contribution is 0.0514. The van der Waals surface area contributed by atoms with Gasteiger partial charge < -0.3 is 10.2 Å². The van der Waals surface area contributed by atoms with E-state index in [1.165, 1.54) is 0 Å². The smallest absolute Gasteiger partial charge is 0.0866 e. The highest BCUT2D eigenvalue weighted by Crippen LogP contribution is 2.28. The summed E-state index contributed by atoms with van der Waals surface area (Å²) in [4.78, 5) is 0. The Morgan fingerprint density at radius 3 is 2.07 bits per heavy atom. The van der Waals surface area contributed by atoms with Crippen LogP contribution in [-0.2, 0) is 11.2 Å². The zero-order chi connectivity index (χ0) is 11.7. The molecule has 1 rings (SSSR count). The molecule has 0 bridgehead atoms. The quantitative estimate of drug-likeness (QED) is 0.801. The first-order valence-electron chi connectivity index (χ1n) is 5.33. The molecule has 1 aromatic rings. The van der Waals surface area contributed by atoms with Gasteiger partial charge in [0.05, 0.1) is 11.2 Å². The summed E-state index contributed by atoms with van der Waals surface area (Å²) in [6.07, 6.45) is 0.655. The van der Waals surface area contributed by atoms with Crippen molar-refractivity contribution in [2.45, 2.75) is 45.3 Å². The van der Waals surface area contributed by atoms with Crippen LogP contribution in [0.5, 0.6) is 0 Å². The predicted octanol–water partition coefficient (Wildman–Crippen LogP) is 2.53. The molecule has 0 fully saturated rings. The van der Waals surface area contributed by atoms with Crippen molar-refractivity contribution < 1.29 is 10.2 Å². The highest BCUT2D eigenvalue weighted by Gasteiger charge is 2.23. The second-order valence-electron chi connectivity index (χ2n) is 4.77. The van der Waals surface area contributed by atoms with E-state index in [-0.39, 0.29) is 0 Å². The third-order valence-electron chi connectivity index (χ3n) is 2.88. The first-order chi connectivity index (χ1) is 6.77. The van der Waals surface area contributed by atoms with Gasteiger partial charge in [0.25, 0.3) is 0 Å². The Kier molecular flexibility index (Phi) is 3.22. The molecule has 2 N–H and O–H groups in total. The Morgan fingerprint density at radius 1 is 1.07 bits per heavy atom. The van der Waals surface area contributed by atoms with Crippen LogP contribution in [0, 0.1) is 0 Å². The van der Waals surface area contributed by atoms with Gasteiger partial charge in [-0.25, -0.2) is 0 Å². The van der Waals surface area contributed by atoms with Gasteiger partial charge in [-0.15, -0.1) is 0 Å². The topological polar surface area (TPSA) is 40.5 Å². The molecule has 0 spiro atoms. The fourth-order valence-corrected chi connectivity index (χ4v) is 1.44. The second-order valence-corrected chi connectivity index (χ2v) is 4.77. The maximum absolute atomic E-state index is 10.1. The number of benzene rings is 1. The second kappa shape index (κ2) is 3.95. The molecule has 1 aromatic carbocycles. The maximum Gasteiger partial charge on any atom is 0.0866 e. The molecule has 1 atom stereocenters. The van der Waals surface area contributed by atoms with Crippen LogP contribution in [0.1, 0.15) is 45.2 Å². The van der Waals surface area contributed by atoms with Gasteiger partial charge in [0.1, 0.15) is 0 Å². The molecular weight excluding hydrogens is 188 g/mol. The van der Waals surface area contributed by atoms with Crippen LogP contribution in [0.25, 0.3) is 0 Å². The largest absolute Gasteiger partial charge is 0.386 e. The van der Waals surface area contributed by atoms with E-state index in [0.717, 1.165) is 11.1 Å². The molecule has 84 valence electrons.